The van der Waals surface area contributed by atoms with Gasteiger partial charge in [-0.3, -0.25) is 0 Å². The van der Waals surface area contributed by atoms with Gasteiger partial charge < -0.3 is 10.6 Å². The maximum absolute atomic E-state index is 13.2. The van der Waals surface area contributed by atoms with Gasteiger partial charge in [-0.25, -0.2) is 13.8 Å². The molecule has 24 heavy (non-hydrogen) atoms. The van der Waals surface area contributed by atoms with Crippen LogP contribution in [0.1, 0.15) is 5.69 Å². The molecule has 0 fully saturated rings. The zero-order valence-corrected chi connectivity index (χ0v) is 13.4. The summed E-state index contributed by atoms with van der Waals surface area (Å²) in [6.45, 7) is 1.82. The number of hydrogen-bond acceptors (Lipinski definition) is 4. The fourth-order valence-electron chi connectivity index (χ4n) is 2.07. The highest BCUT2D eigenvalue weighted by molar-refractivity contribution is 6.31. The van der Waals surface area contributed by atoms with Crippen LogP contribution in [0.3, 0.4) is 0 Å². The smallest absolute Gasteiger partial charge is 0.229 e. The summed E-state index contributed by atoms with van der Waals surface area (Å²) in [5, 5.41) is 6.06. The molecule has 4 nitrogen and oxygen atoms in total. The number of anilines is 4. The summed E-state index contributed by atoms with van der Waals surface area (Å²) in [6.07, 6.45) is 0. The molecule has 3 aromatic rings. The summed E-state index contributed by atoms with van der Waals surface area (Å²) in [6, 6.07) is 11.9. The quantitative estimate of drug-likeness (QED) is 0.681. The Morgan fingerprint density at radius 1 is 0.875 bits per heavy atom. The lowest BCUT2D eigenvalue weighted by Crippen LogP contribution is -2.02. The second kappa shape index (κ2) is 6.80. The molecular weight excluding hydrogens is 334 g/mol. The Balaban J connectivity index is 1.82. The van der Waals surface area contributed by atoms with Crippen LogP contribution in [0, 0.1) is 18.6 Å². The van der Waals surface area contributed by atoms with Gasteiger partial charge in [-0.05, 0) is 49.4 Å². The van der Waals surface area contributed by atoms with Crippen molar-refractivity contribution in [2.75, 3.05) is 10.6 Å². The van der Waals surface area contributed by atoms with Gasteiger partial charge in [0.2, 0.25) is 5.95 Å². The van der Waals surface area contributed by atoms with Gasteiger partial charge in [-0.1, -0.05) is 11.6 Å². The van der Waals surface area contributed by atoms with Crippen LogP contribution in [0.4, 0.5) is 31.9 Å². The minimum Gasteiger partial charge on any atom is -0.340 e. The third-order valence-corrected chi connectivity index (χ3v) is 3.44. The van der Waals surface area contributed by atoms with Gasteiger partial charge in [0.05, 0.1) is 5.02 Å². The van der Waals surface area contributed by atoms with Gasteiger partial charge >= 0.3 is 0 Å². The Labute approximate surface area is 142 Å². The van der Waals surface area contributed by atoms with Crippen LogP contribution in [0.15, 0.2) is 48.5 Å². The maximum atomic E-state index is 13.2. The van der Waals surface area contributed by atoms with Crippen LogP contribution in [0.25, 0.3) is 0 Å². The summed E-state index contributed by atoms with van der Waals surface area (Å²) in [5.41, 5.74) is 2.00. The molecule has 0 radical (unpaired) electrons. The molecule has 3 rings (SSSR count). The van der Waals surface area contributed by atoms with E-state index in [0.717, 1.165) is 5.69 Å². The number of hydrogen-bond donors (Lipinski definition) is 2. The van der Waals surface area contributed by atoms with Gasteiger partial charge in [-0.2, -0.15) is 4.98 Å². The van der Waals surface area contributed by atoms with Crippen molar-refractivity contribution in [2.24, 2.45) is 0 Å². The van der Waals surface area contributed by atoms with E-state index in [1.807, 2.05) is 6.92 Å². The topological polar surface area (TPSA) is 49.8 Å². The summed E-state index contributed by atoms with van der Waals surface area (Å²) >= 11 is 5.76. The van der Waals surface area contributed by atoms with Gasteiger partial charge in [-0.15, -0.1) is 0 Å². The number of rotatable bonds is 4. The van der Waals surface area contributed by atoms with Crippen molar-refractivity contribution in [1.29, 1.82) is 0 Å². The number of nitrogens with zero attached hydrogens (tertiary/aromatic N) is 2. The van der Waals surface area contributed by atoms with Gasteiger partial charge in [0.1, 0.15) is 17.5 Å². The van der Waals surface area contributed by atoms with Crippen LogP contribution in [-0.2, 0) is 0 Å². The lowest BCUT2D eigenvalue weighted by atomic mass is 10.3. The van der Waals surface area contributed by atoms with E-state index in [4.69, 9.17) is 11.6 Å². The van der Waals surface area contributed by atoms with Crippen LogP contribution in [-0.4, -0.2) is 9.97 Å². The summed E-state index contributed by atoms with van der Waals surface area (Å²) in [4.78, 5) is 8.61. The fourth-order valence-corrected chi connectivity index (χ4v) is 2.25. The third-order valence-electron chi connectivity index (χ3n) is 3.15. The first kappa shape index (κ1) is 16.1. The Hall–Kier alpha value is -2.73. The first-order chi connectivity index (χ1) is 11.5. The molecule has 0 aliphatic carbocycles. The zero-order valence-electron chi connectivity index (χ0n) is 12.6. The van der Waals surface area contributed by atoms with Crippen LogP contribution < -0.4 is 10.6 Å². The summed E-state index contributed by atoms with van der Waals surface area (Å²) < 4.78 is 26.2. The van der Waals surface area contributed by atoms with E-state index in [9.17, 15) is 8.78 Å². The zero-order chi connectivity index (χ0) is 17.1. The fraction of sp³-hybridized carbons (Fsp3) is 0.0588. The van der Waals surface area contributed by atoms with E-state index in [0.29, 0.717) is 23.1 Å². The maximum Gasteiger partial charge on any atom is 0.229 e. The molecule has 0 bridgehead atoms. The van der Waals surface area contributed by atoms with E-state index in [1.54, 1.807) is 24.3 Å². The number of aromatic nitrogens is 2. The van der Waals surface area contributed by atoms with Crippen LogP contribution >= 0.6 is 11.6 Å². The van der Waals surface area contributed by atoms with Crippen molar-refractivity contribution in [3.05, 3.63) is 70.9 Å². The van der Waals surface area contributed by atoms with E-state index in [1.165, 1.54) is 24.3 Å². The molecule has 0 spiro atoms. The predicted molar refractivity (Wildman–Crippen MR) is 91.1 cm³/mol. The third kappa shape index (κ3) is 3.97. The molecule has 122 valence electrons. The average Bonchev–Trinajstić information content (AvgIpc) is 2.53. The molecule has 0 saturated carbocycles. The molecule has 0 atom stereocenters. The Kier molecular flexibility index (Phi) is 4.57. The molecular formula is C17H13ClF2N4. The van der Waals surface area contributed by atoms with Crippen LogP contribution in [0.5, 0.6) is 0 Å². The second-order valence-corrected chi connectivity index (χ2v) is 5.51. The first-order valence-electron chi connectivity index (χ1n) is 7.10. The van der Waals surface area contributed by atoms with Gasteiger partial charge in [0, 0.05) is 23.1 Å². The van der Waals surface area contributed by atoms with E-state index < -0.39 is 5.82 Å². The molecule has 1 aromatic heterocycles. The highest BCUT2D eigenvalue weighted by atomic mass is 35.5. The normalized spacial score (nSPS) is 10.5. The van der Waals surface area contributed by atoms with E-state index in [2.05, 4.69) is 20.6 Å². The molecule has 0 aliphatic heterocycles. The lowest BCUT2D eigenvalue weighted by molar-refractivity contribution is 0.628. The summed E-state index contributed by atoms with van der Waals surface area (Å²) in [5.74, 6) is 0.0770. The van der Waals surface area contributed by atoms with Crippen molar-refractivity contribution in [1.82, 2.24) is 9.97 Å². The first-order valence-corrected chi connectivity index (χ1v) is 7.48. The minimum atomic E-state index is -0.494. The van der Waals surface area contributed by atoms with Crippen molar-refractivity contribution >= 4 is 34.7 Å². The van der Waals surface area contributed by atoms with Crippen molar-refractivity contribution in [3.8, 4) is 0 Å². The number of halogens is 3. The van der Waals surface area contributed by atoms with Gasteiger partial charge in [0.25, 0.3) is 0 Å². The SMILES string of the molecule is Cc1cc(Nc2ccc(F)cc2)nc(Nc2ccc(F)c(Cl)c2)n1. The van der Waals surface area contributed by atoms with E-state index in [-0.39, 0.29) is 10.8 Å². The Bertz CT molecular complexity index is 869. The van der Waals surface area contributed by atoms with Crippen molar-refractivity contribution < 1.29 is 8.78 Å². The molecule has 0 aliphatic rings. The Morgan fingerprint density at radius 3 is 2.29 bits per heavy atom. The molecule has 1 heterocycles. The highest BCUT2D eigenvalue weighted by Gasteiger charge is 2.06. The number of nitrogens with one attached hydrogen (secondary N) is 2. The molecule has 2 N–H and O–H groups in total. The lowest BCUT2D eigenvalue weighted by Gasteiger charge is -2.10. The average molecular weight is 347 g/mol. The molecule has 7 heteroatoms. The van der Waals surface area contributed by atoms with E-state index >= 15 is 0 Å². The second-order valence-electron chi connectivity index (χ2n) is 5.10. The standard InChI is InChI=1S/C17H13ClF2N4/c1-10-8-16(22-12-4-2-11(19)3-5-12)24-17(21-10)23-13-6-7-15(20)14(18)9-13/h2-9H,1H3,(H2,21,22,23,24). The molecule has 0 unspecified atom stereocenters. The van der Waals surface area contributed by atoms with Crippen molar-refractivity contribution in [2.45, 2.75) is 6.92 Å². The highest BCUT2D eigenvalue weighted by Crippen LogP contribution is 2.23. The van der Waals surface area contributed by atoms with Crippen molar-refractivity contribution in [3.63, 3.8) is 0 Å². The molecule has 0 saturated heterocycles. The minimum absolute atomic E-state index is 0.0114. The molecule has 2 aromatic carbocycles. The Morgan fingerprint density at radius 2 is 1.58 bits per heavy atom. The summed E-state index contributed by atoms with van der Waals surface area (Å²) in [7, 11) is 0. The predicted octanol–water partition coefficient (Wildman–Crippen LogP) is 5.20. The largest absolute Gasteiger partial charge is 0.340 e. The van der Waals surface area contributed by atoms with Crippen LogP contribution in [0.2, 0.25) is 5.02 Å². The monoisotopic (exact) mass is 346 g/mol. The number of benzene rings is 2. The molecule has 0 amide bonds. The van der Waals surface area contributed by atoms with Gasteiger partial charge in [0.15, 0.2) is 0 Å². The number of aryl methyl sites for hydroxylation is 1.